The van der Waals surface area contributed by atoms with Crippen molar-refractivity contribution in [1.29, 1.82) is 0 Å². The van der Waals surface area contributed by atoms with Gasteiger partial charge in [-0.3, -0.25) is 19.1 Å². The second kappa shape index (κ2) is 7.64. The van der Waals surface area contributed by atoms with Gasteiger partial charge >= 0.3 is 5.97 Å². The minimum absolute atomic E-state index is 0.0803. The number of nitrogens with zero attached hydrogens (tertiary/aromatic N) is 3. The number of benzene rings is 1. The molecule has 6 nitrogen and oxygen atoms in total. The molecule has 27 heavy (non-hydrogen) atoms. The molecule has 1 aromatic carbocycles. The second-order valence-corrected chi connectivity index (χ2v) is 7.38. The van der Waals surface area contributed by atoms with Gasteiger partial charge in [-0.25, -0.2) is 4.98 Å². The largest absolute Gasteiger partial charge is 0.426 e. The molecule has 2 heterocycles. The van der Waals surface area contributed by atoms with E-state index in [9.17, 15) is 9.59 Å². The molecule has 1 aliphatic heterocycles. The van der Waals surface area contributed by atoms with Gasteiger partial charge in [0.15, 0.2) is 0 Å². The van der Waals surface area contributed by atoms with Crippen LogP contribution in [-0.4, -0.2) is 33.5 Å². The van der Waals surface area contributed by atoms with Gasteiger partial charge in [0.2, 0.25) is 0 Å². The summed E-state index contributed by atoms with van der Waals surface area (Å²) in [6, 6.07) is 4.15. The number of esters is 1. The number of ether oxygens (including phenoxy) is 1. The number of hydrogen-bond acceptors (Lipinski definition) is 5. The van der Waals surface area contributed by atoms with Crippen LogP contribution in [-0.2, 0) is 31.2 Å². The lowest BCUT2D eigenvalue weighted by atomic mass is 10.0. The number of hydrogen-bond donors (Lipinski definition) is 0. The minimum atomic E-state index is -0.302. The summed E-state index contributed by atoms with van der Waals surface area (Å²) in [5.74, 6) is 1.11. The van der Waals surface area contributed by atoms with E-state index >= 15 is 0 Å². The Morgan fingerprint density at radius 3 is 2.41 bits per heavy atom. The van der Waals surface area contributed by atoms with Gasteiger partial charge in [-0.15, -0.1) is 0 Å². The highest BCUT2D eigenvalue weighted by molar-refractivity contribution is 5.70. The van der Waals surface area contributed by atoms with Crippen LogP contribution < -0.4 is 10.3 Å². The molecule has 0 amide bonds. The molecule has 2 aromatic rings. The third kappa shape index (κ3) is 4.11. The number of fused-ring (bicyclic) bond motifs is 1. The molecule has 0 spiro atoms. The fourth-order valence-electron chi connectivity index (χ4n) is 3.77. The van der Waals surface area contributed by atoms with Crippen LogP contribution in [0.3, 0.4) is 0 Å². The minimum Gasteiger partial charge on any atom is -0.426 e. The Bertz CT molecular complexity index is 923. The van der Waals surface area contributed by atoms with Crippen molar-refractivity contribution >= 4 is 5.97 Å². The first-order valence-corrected chi connectivity index (χ1v) is 9.32. The van der Waals surface area contributed by atoms with Crippen LogP contribution in [0.25, 0.3) is 0 Å². The van der Waals surface area contributed by atoms with Crippen molar-refractivity contribution in [3.8, 4) is 5.75 Å². The van der Waals surface area contributed by atoms with Crippen LogP contribution in [0.4, 0.5) is 0 Å². The first-order chi connectivity index (χ1) is 12.8. The van der Waals surface area contributed by atoms with Crippen molar-refractivity contribution in [1.82, 2.24) is 14.5 Å². The van der Waals surface area contributed by atoms with Crippen LogP contribution in [0.2, 0.25) is 0 Å². The first kappa shape index (κ1) is 19.3. The Morgan fingerprint density at radius 2 is 1.78 bits per heavy atom. The maximum absolute atomic E-state index is 12.5. The van der Waals surface area contributed by atoms with E-state index in [-0.39, 0.29) is 11.5 Å². The lowest BCUT2D eigenvalue weighted by molar-refractivity contribution is -0.131. The van der Waals surface area contributed by atoms with E-state index in [1.807, 2.05) is 20.8 Å². The van der Waals surface area contributed by atoms with Crippen LogP contribution >= 0.6 is 0 Å². The van der Waals surface area contributed by atoms with Crippen molar-refractivity contribution in [2.75, 3.05) is 13.1 Å². The average Bonchev–Trinajstić information content (AvgIpc) is 2.79. The summed E-state index contributed by atoms with van der Waals surface area (Å²) in [6.07, 6.45) is 1.51. The molecule has 0 fully saturated rings. The van der Waals surface area contributed by atoms with Crippen LogP contribution in [0.5, 0.6) is 5.75 Å². The van der Waals surface area contributed by atoms with Gasteiger partial charge < -0.3 is 4.74 Å². The third-order valence-corrected chi connectivity index (χ3v) is 5.21. The van der Waals surface area contributed by atoms with E-state index < -0.39 is 0 Å². The van der Waals surface area contributed by atoms with Crippen molar-refractivity contribution in [2.24, 2.45) is 7.05 Å². The molecule has 6 heteroatoms. The molecule has 0 atom stereocenters. The zero-order valence-corrected chi connectivity index (χ0v) is 16.8. The lowest BCUT2D eigenvalue weighted by Crippen LogP contribution is -2.28. The van der Waals surface area contributed by atoms with Crippen LogP contribution in [0, 0.1) is 20.8 Å². The summed E-state index contributed by atoms with van der Waals surface area (Å²) in [7, 11) is 1.78. The van der Waals surface area contributed by atoms with E-state index in [0.29, 0.717) is 5.75 Å². The topological polar surface area (TPSA) is 64.4 Å². The number of carbonyl (C=O) groups excluding carboxylic acids is 1. The summed E-state index contributed by atoms with van der Waals surface area (Å²) >= 11 is 0. The zero-order chi connectivity index (χ0) is 19.7. The number of aromatic nitrogens is 2. The van der Waals surface area contributed by atoms with Gasteiger partial charge in [0.1, 0.15) is 11.6 Å². The van der Waals surface area contributed by atoms with Gasteiger partial charge in [-0.1, -0.05) is 12.1 Å². The van der Waals surface area contributed by atoms with Crippen LogP contribution in [0.1, 0.15) is 40.7 Å². The summed E-state index contributed by atoms with van der Waals surface area (Å²) in [4.78, 5) is 30.8. The molecule has 0 radical (unpaired) electrons. The summed E-state index contributed by atoms with van der Waals surface area (Å²) in [6.45, 7) is 9.72. The molecule has 0 saturated heterocycles. The van der Waals surface area contributed by atoms with E-state index in [1.165, 1.54) is 12.5 Å². The molecule has 0 bridgehead atoms. The maximum Gasteiger partial charge on any atom is 0.308 e. The molecular formula is C21H27N3O3. The standard InChI is InChI=1S/C21H27N3O3/c1-13-10-17(11-14(2)20(13)27-16(4)25)12-24-8-6-18-19(7-9-24)22-15(3)23(5)21(18)26/h10-11H,6-9,12H2,1-5H3. The second-order valence-electron chi connectivity index (χ2n) is 7.38. The summed E-state index contributed by atoms with van der Waals surface area (Å²) < 4.78 is 6.95. The van der Waals surface area contributed by atoms with Crippen molar-refractivity contribution in [3.05, 3.63) is 56.3 Å². The molecular weight excluding hydrogens is 342 g/mol. The average molecular weight is 369 g/mol. The Balaban J connectivity index is 1.77. The van der Waals surface area contributed by atoms with E-state index in [4.69, 9.17) is 4.74 Å². The van der Waals surface area contributed by atoms with Gasteiger partial charge in [-0.05, 0) is 43.9 Å². The zero-order valence-electron chi connectivity index (χ0n) is 16.8. The summed E-state index contributed by atoms with van der Waals surface area (Å²) in [5, 5.41) is 0. The molecule has 1 aromatic heterocycles. The van der Waals surface area contributed by atoms with Crippen LogP contribution in [0.15, 0.2) is 16.9 Å². The molecule has 0 unspecified atom stereocenters. The highest BCUT2D eigenvalue weighted by Gasteiger charge is 2.20. The fraction of sp³-hybridized carbons (Fsp3) is 0.476. The van der Waals surface area contributed by atoms with Gasteiger partial charge in [0, 0.05) is 45.6 Å². The summed E-state index contributed by atoms with van der Waals surface area (Å²) in [5.41, 5.74) is 4.98. The smallest absolute Gasteiger partial charge is 0.308 e. The highest BCUT2D eigenvalue weighted by atomic mass is 16.5. The maximum atomic E-state index is 12.5. The number of carbonyl (C=O) groups is 1. The normalized spacial score (nSPS) is 14.6. The Hall–Kier alpha value is -2.47. The molecule has 144 valence electrons. The van der Waals surface area contributed by atoms with Gasteiger partial charge in [0.05, 0.1) is 5.69 Å². The highest BCUT2D eigenvalue weighted by Crippen LogP contribution is 2.26. The van der Waals surface area contributed by atoms with E-state index in [2.05, 4.69) is 22.0 Å². The predicted molar refractivity (Wildman–Crippen MR) is 104 cm³/mol. The first-order valence-electron chi connectivity index (χ1n) is 9.32. The van der Waals surface area contributed by atoms with Gasteiger partial charge in [0.25, 0.3) is 5.56 Å². The quantitative estimate of drug-likeness (QED) is 0.613. The number of rotatable bonds is 3. The SMILES string of the molecule is CC(=O)Oc1c(C)cc(CN2CCc3nc(C)n(C)c(=O)c3CC2)cc1C. The Morgan fingerprint density at radius 1 is 1.15 bits per heavy atom. The fourth-order valence-corrected chi connectivity index (χ4v) is 3.77. The molecule has 0 N–H and O–H groups in total. The van der Waals surface area contributed by atoms with Crippen molar-refractivity contribution < 1.29 is 9.53 Å². The van der Waals surface area contributed by atoms with E-state index in [0.717, 1.165) is 60.7 Å². The van der Waals surface area contributed by atoms with Crippen molar-refractivity contribution in [2.45, 2.75) is 47.1 Å². The molecule has 3 rings (SSSR count). The third-order valence-electron chi connectivity index (χ3n) is 5.21. The molecule has 1 aliphatic rings. The number of aryl methyl sites for hydroxylation is 3. The van der Waals surface area contributed by atoms with Gasteiger partial charge in [-0.2, -0.15) is 0 Å². The van der Waals surface area contributed by atoms with Crippen molar-refractivity contribution in [3.63, 3.8) is 0 Å². The van der Waals surface area contributed by atoms with E-state index in [1.54, 1.807) is 11.6 Å². The molecule has 0 saturated carbocycles. The molecule has 0 aliphatic carbocycles. The predicted octanol–water partition coefficient (Wildman–Crippen LogP) is 2.23. The lowest BCUT2D eigenvalue weighted by Gasteiger charge is -2.21. The Labute approximate surface area is 159 Å². The monoisotopic (exact) mass is 369 g/mol. The Kier molecular flexibility index (Phi) is 5.46.